The zero-order valence-electron chi connectivity index (χ0n) is 12.5. The maximum atomic E-state index is 13.0. The number of alkyl halides is 3. The topological polar surface area (TPSA) is 55.6 Å². The molecule has 0 unspecified atom stereocenters. The first-order valence-electron chi connectivity index (χ1n) is 7.17. The smallest absolute Gasteiger partial charge is 0.354 e. The van der Waals surface area contributed by atoms with E-state index in [0.717, 1.165) is 18.9 Å². The normalized spacial score (nSPS) is 11.7. The molecule has 2 rings (SSSR count). The van der Waals surface area contributed by atoms with Gasteiger partial charge in [0.2, 0.25) is 5.95 Å². The standard InChI is InChI=1S/C14H18F3N5/c1-3-5-6-18-13-20-11(7-12(21-13)14(15,16)17)10-8-19-22(4-2)9-10/h7-9H,3-6H2,1-2H3,(H,18,20,21). The summed E-state index contributed by atoms with van der Waals surface area (Å²) in [5.74, 6) is -0.0116. The third kappa shape index (κ3) is 3.96. The second-order valence-corrected chi connectivity index (χ2v) is 4.82. The lowest BCUT2D eigenvalue weighted by Gasteiger charge is -2.10. The fourth-order valence-corrected chi connectivity index (χ4v) is 1.87. The molecule has 0 radical (unpaired) electrons. The molecule has 0 fully saturated rings. The van der Waals surface area contributed by atoms with Crippen LogP contribution in [-0.2, 0) is 12.7 Å². The van der Waals surface area contributed by atoms with Crippen molar-refractivity contribution in [3.8, 4) is 11.3 Å². The van der Waals surface area contributed by atoms with Gasteiger partial charge in [-0.1, -0.05) is 13.3 Å². The number of halogens is 3. The number of anilines is 1. The van der Waals surface area contributed by atoms with Gasteiger partial charge in [0.1, 0.15) is 0 Å². The van der Waals surface area contributed by atoms with E-state index in [1.807, 2.05) is 13.8 Å². The minimum Gasteiger partial charge on any atom is -0.354 e. The van der Waals surface area contributed by atoms with Crippen LogP contribution in [-0.4, -0.2) is 26.3 Å². The average Bonchev–Trinajstić information content (AvgIpc) is 2.95. The summed E-state index contributed by atoms with van der Waals surface area (Å²) in [7, 11) is 0. The van der Waals surface area contributed by atoms with Crippen molar-refractivity contribution in [2.24, 2.45) is 0 Å². The second kappa shape index (κ2) is 6.76. The van der Waals surface area contributed by atoms with Gasteiger partial charge < -0.3 is 5.32 Å². The van der Waals surface area contributed by atoms with Gasteiger partial charge in [-0.15, -0.1) is 0 Å². The Morgan fingerprint density at radius 2 is 2.00 bits per heavy atom. The molecule has 22 heavy (non-hydrogen) atoms. The Morgan fingerprint density at radius 1 is 1.23 bits per heavy atom. The van der Waals surface area contributed by atoms with E-state index < -0.39 is 11.9 Å². The van der Waals surface area contributed by atoms with Crippen LogP contribution in [0.25, 0.3) is 11.3 Å². The summed E-state index contributed by atoms with van der Waals surface area (Å²) in [5.41, 5.74) is -0.213. The van der Waals surface area contributed by atoms with Gasteiger partial charge in [0, 0.05) is 24.8 Å². The lowest BCUT2D eigenvalue weighted by Crippen LogP contribution is -2.13. The van der Waals surface area contributed by atoms with Crippen molar-refractivity contribution in [1.82, 2.24) is 19.7 Å². The number of unbranched alkanes of at least 4 members (excludes halogenated alkanes) is 1. The first-order valence-corrected chi connectivity index (χ1v) is 7.17. The molecule has 2 aromatic rings. The van der Waals surface area contributed by atoms with Gasteiger partial charge in [-0.05, 0) is 19.4 Å². The van der Waals surface area contributed by atoms with Crippen LogP contribution in [0.2, 0.25) is 0 Å². The number of aryl methyl sites for hydroxylation is 1. The third-order valence-corrected chi connectivity index (χ3v) is 3.08. The van der Waals surface area contributed by atoms with E-state index in [9.17, 15) is 13.2 Å². The van der Waals surface area contributed by atoms with Crippen molar-refractivity contribution < 1.29 is 13.2 Å². The van der Waals surface area contributed by atoms with Gasteiger partial charge in [0.15, 0.2) is 5.69 Å². The summed E-state index contributed by atoms with van der Waals surface area (Å²) in [5, 5.41) is 6.90. The molecule has 5 nitrogen and oxygen atoms in total. The number of hydrogen-bond donors (Lipinski definition) is 1. The molecule has 2 aromatic heterocycles. The monoisotopic (exact) mass is 313 g/mol. The molecule has 0 saturated carbocycles. The first-order chi connectivity index (χ1) is 10.4. The van der Waals surface area contributed by atoms with Crippen LogP contribution in [0.15, 0.2) is 18.5 Å². The van der Waals surface area contributed by atoms with Crippen LogP contribution < -0.4 is 5.32 Å². The Kier molecular flexibility index (Phi) is 4.99. The number of nitrogens with zero attached hydrogens (tertiary/aromatic N) is 4. The van der Waals surface area contributed by atoms with Crippen LogP contribution in [0, 0.1) is 0 Å². The van der Waals surface area contributed by atoms with Crippen molar-refractivity contribution >= 4 is 5.95 Å². The Labute approximate surface area is 126 Å². The molecule has 0 aromatic carbocycles. The third-order valence-electron chi connectivity index (χ3n) is 3.08. The molecule has 0 spiro atoms. The van der Waals surface area contributed by atoms with Crippen LogP contribution >= 0.6 is 0 Å². The molecule has 0 aliphatic rings. The van der Waals surface area contributed by atoms with Gasteiger partial charge in [0.05, 0.1) is 11.9 Å². The van der Waals surface area contributed by atoms with Gasteiger partial charge in [-0.25, -0.2) is 9.97 Å². The fraction of sp³-hybridized carbons (Fsp3) is 0.500. The molecule has 0 aliphatic carbocycles. The lowest BCUT2D eigenvalue weighted by molar-refractivity contribution is -0.141. The predicted octanol–water partition coefficient (Wildman–Crippen LogP) is 3.59. The molecule has 0 bridgehead atoms. The largest absolute Gasteiger partial charge is 0.433 e. The van der Waals surface area contributed by atoms with E-state index >= 15 is 0 Å². The number of rotatable bonds is 6. The minimum absolute atomic E-state index is 0.0116. The van der Waals surface area contributed by atoms with Crippen LogP contribution in [0.1, 0.15) is 32.4 Å². The Bertz CT molecular complexity index is 621. The highest BCUT2D eigenvalue weighted by Crippen LogP contribution is 2.31. The Balaban J connectivity index is 2.37. The summed E-state index contributed by atoms with van der Waals surface area (Å²) in [6.45, 7) is 5.07. The van der Waals surface area contributed by atoms with E-state index in [0.29, 0.717) is 18.7 Å². The van der Waals surface area contributed by atoms with Crippen molar-refractivity contribution in [1.29, 1.82) is 0 Å². The Morgan fingerprint density at radius 3 is 2.59 bits per heavy atom. The molecule has 1 N–H and O–H groups in total. The van der Waals surface area contributed by atoms with Crippen LogP contribution in [0.5, 0.6) is 0 Å². The summed E-state index contributed by atoms with van der Waals surface area (Å²) in [4.78, 5) is 7.72. The van der Waals surface area contributed by atoms with E-state index in [-0.39, 0.29) is 11.6 Å². The molecule has 2 heterocycles. The quantitative estimate of drug-likeness (QED) is 0.828. The van der Waals surface area contributed by atoms with Crippen molar-refractivity contribution in [3.05, 3.63) is 24.2 Å². The predicted molar refractivity (Wildman–Crippen MR) is 77.3 cm³/mol. The van der Waals surface area contributed by atoms with E-state index in [2.05, 4.69) is 20.4 Å². The molecule has 0 amide bonds. The first kappa shape index (κ1) is 16.3. The summed E-state index contributed by atoms with van der Waals surface area (Å²) < 4.78 is 40.6. The lowest BCUT2D eigenvalue weighted by atomic mass is 10.2. The molecule has 0 aliphatic heterocycles. The van der Waals surface area contributed by atoms with Gasteiger partial charge in [-0.2, -0.15) is 18.3 Å². The SMILES string of the molecule is CCCCNc1nc(-c2cnn(CC)c2)cc(C(F)(F)F)n1. The van der Waals surface area contributed by atoms with E-state index in [1.54, 1.807) is 10.9 Å². The van der Waals surface area contributed by atoms with Crippen molar-refractivity contribution in [3.63, 3.8) is 0 Å². The maximum Gasteiger partial charge on any atom is 0.433 e. The second-order valence-electron chi connectivity index (χ2n) is 4.82. The molecular formula is C14H18F3N5. The minimum atomic E-state index is -4.51. The molecule has 0 atom stereocenters. The zero-order valence-corrected chi connectivity index (χ0v) is 12.5. The van der Waals surface area contributed by atoms with Crippen LogP contribution in [0.4, 0.5) is 19.1 Å². The average molecular weight is 313 g/mol. The highest BCUT2D eigenvalue weighted by atomic mass is 19.4. The maximum absolute atomic E-state index is 13.0. The highest BCUT2D eigenvalue weighted by molar-refractivity contribution is 5.59. The van der Waals surface area contributed by atoms with E-state index in [4.69, 9.17) is 0 Å². The summed E-state index contributed by atoms with van der Waals surface area (Å²) >= 11 is 0. The molecular weight excluding hydrogens is 295 g/mol. The van der Waals surface area contributed by atoms with Crippen molar-refractivity contribution in [2.75, 3.05) is 11.9 Å². The number of nitrogens with one attached hydrogen (secondary N) is 1. The summed E-state index contributed by atoms with van der Waals surface area (Å²) in [6.07, 6.45) is 0.421. The highest BCUT2D eigenvalue weighted by Gasteiger charge is 2.33. The van der Waals surface area contributed by atoms with E-state index in [1.165, 1.54) is 6.20 Å². The van der Waals surface area contributed by atoms with Gasteiger partial charge >= 0.3 is 6.18 Å². The number of aromatic nitrogens is 4. The van der Waals surface area contributed by atoms with Crippen LogP contribution in [0.3, 0.4) is 0 Å². The van der Waals surface area contributed by atoms with Crippen molar-refractivity contribution in [2.45, 2.75) is 39.4 Å². The molecule has 120 valence electrons. The number of hydrogen-bond acceptors (Lipinski definition) is 4. The summed E-state index contributed by atoms with van der Waals surface area (Å²) in [6, 6.07) is 0.946. The zero-order chi connectivity index (χ0) is 16.2. The van der Waals surface area contributed by atoms with Gasteiger partial charge in [-0.3, -0.25) is 4.68 Å². The fourth-order valence-electron chi connectivity index (χ4n) is 1.87. The van der Waals surface area contributed by atoms with Gasteiger partial charge in [0.25, 0.3) is 0 Å². The molecule has 8 heteroatoms. The molecule has 0 saturated heterocycles. The Hall–Kier alpha value is -2.12.